The number of hydrogen-bond acceptors (Lipinski definition) is 3. The van der Waals surface area contributed by atoms with Crippen molar-refractivity contribution < 1.29 is 14.3 Å². The highest BCUT2D eigenvalue weighted by Gasteiger charge is 2.17. The molecule has 1 aliphatic rings. The summed E-state index contributed by atoms with van der Waals surface area (Å²) in [7, 11) is 0. The molecule has 2 N–H and O–H groups in total. The van der Waals surface area contributed by atoms with Crippen LogP contribution in [0.5, 0.6) is 0 Å². The van der Waals surface area contributed by atoms with Crippen LogP contribution in [0.15, 0.2) is 18.2 Å². The number of halogens is 1. The Morgan fingerprint density at radius 1 is 1.48 bits per heavy atom. The predicted octanol–water partition coefficient (Wildman–Crippen LogP) is 3.20. The summed E-state index contributed by atoms with van der Waals surface area (Å²) in [5.74, 6) is -1.62. The van der Waals surface area contributed by atoms with Crippen molar-refractivity contribution in [2.45, 2.75) is 38.6 Å². The van der Waals surface area contributed by atoms with Gasteiger partial charge in [-0.25, -0.2) is 9.18 Å². The van der Waals surface area contributed by atoms with E-state index in [1.54, 1.807) is 0 Å². The third kappa shape index (κ3) is 4.43. The van der Waals surface area contributed by atoms with E-state index in [2.05, 4.69) is 17.1 Å². The van der Waals surface area contributed by atoms with Crippen molar-refractivity contribution >= 4 is 11.7 Å². The van der Waals surface area contributed by atoms with Gasteiger partial charge < -0.3 is 15.3 Å². The fraction of sp³-hybridized carbons (Fsp3) is 0.562. The van der Waals surface area contributed by atoms with Gasteiger partial charge in [0.2, 0.25) is 0 Å². The number of likely N-dealkylation sites (tertiary alicyclic amines) is 1. The zero-order chi connectivity index (χ0) is 15.2. The molecule has 5 heteroatoms. The van der Waals surface area contributed by atoms with Gasteiger partial charge in [-0.2, -0.15) is 0 Å². The lowest BCUT2D eigenvalue weighted by Crippen LogP contribution is -2.38. The Labute approximate surface area is 125 Å². The molecule has 1 aromatic carbocycles. The van der Waals surface area contributed by atoms with E-state index in [0.29, 0.717) is 18.3 Å². The summed E-state index contributed by atoms with van der Waals surface area (Å²) in [6.45, 7) is 5.12. The maximum atomic E-state index is 13.7. The Morgan fingerprint density at radius 2 is 2.29 bits per heavy atom. The van der Waals surface area contributed by atoms with Gasteiger partial charge in [-0.15, -0.1) is 0 Å². The smallest absolute Gasteiger partial charge is 0.335 e. The molecule has 1 heterocycles. The zero-order valence-electron chi connectivity index (χ0n) is 12.4. The van der Waals surface area contributed by atoms with Crippen LogP contribution in [0.2, 0.25) is 0 Å². The highest BCUT2D eigenvalue weighted by Crippen LogP contribution is 2.18. The molecule has 1 aromatic rings. The minimum Gasteiger partial charge on any atom is -0.478 e. The zero-order valence-corrected chi connectivity index (χ0v) is 12.4. The molecule has 0 spiro atoms. The van der Waals surface area contributed by atoms with Crippen molar-refractivity contribution in [1.82, 2.24) is 4.90 Å². The lowest BCUT2D eigenvalue weighted by molar-refractivity contribution is 0.0696. The second-order valence-corrected chi connectivity index (χ2v) is 5.66. The number of benzene rings is 1. The number of hydrogen-bond donors (Lipinski definition) is 2. The normalized spacial score (nSPS) is 19.4. The molecule has 0 aromatic heterocycles. The standard InChI is InChI=1S/C16H23FN2O2/c1-12-5-2-3-9-19(12)10-4-8-18-15-7-6-13(16(20)21)11-14(15)17/h6-7,11-12,18H,2-5,8-10H2,1H3,(H,20,21). The van der Waals surface area contributed by atoms with Gasteiger partial charge in [0.15, 0.2) is 0 Å². The topological polar surface area (TPSA) is 52.6 Å². The monoisotopic (exact) mass is 294 g/mol. The number of piperidine rings is 1. The molecule has 0 radical (unpaired) electrons. The first kappa shape index (κ1) is 15.8. The summed E-state index contributed by atoms with van der Waals surface area (Å²) in [4.78, 5) is 13.2. The summed E-state index contributed by atoms with van der Waals surface area (Å²) < 4.78 is 13.7. The summed E-state index contributed by atoms with van der Waals surface area (Å²) >= 11 is 0. The molecule has 21 heavy (non-hydrogen) atoms. The van der Waals surface area contributed by atoms with E-state index in [1.165, 1.54) is 31.4 Å². The first-order valence-corrected chi connectivity index (χ1v) is 7.58. The van der Waals surface area contributed by atoms with E-state index in [4.69, 9.17) is 5.11 Å². The first-order chi connectivity index (χ1) is 10.1. The van der Waals surface area contributed by atoms with Crippen LogP contribution in [-0.2, 0) is 0 Å². The fourth-order valence-electron chi connectivity index (χ4n) is 2.79. The maximum Gasteiger partial charge on any atom is 0.335 e. The number of carboxylic acid groups (broad SMARTS) is 1. The van der Waals surface area contributed by atoms with E-state index in [0.717, 1.165) is 25.6 Å². The Kier molecular flexibility index (Phi) is 5.56. The molecular weight excluding hydrogens is 271 g/mol. The van der Waals surface area contributed by atoms with Crippen molar-refractivity contribution in [3.63, 3.8) is 0 Å². The van der Waals surface area contributed by atoms with Gasteiger partial charge in [-0.1, -0.05) is 6.42 Å². The lowest BCUT2D eigenvalue weighted by Gasteiger charge is -2.33. The summed E-state index contributed by atoms with van der Waals surface area (Å²) in [5, 5.41) is 11.8. The van der Waals surface area contributed by atoms with E-state index in [1.807, 2.05) is 0 Å². The third-order valence-electron chi connectivity index (χ3n) is 4.09. The highest BCUT2D eigenvalue weighted by atomic mass is 19.1. The average molecular weight is 294 g/mol. The average Bonchev–Trinajstić information content (AvgIpc) is 2.46. The number of nitrogens with zero attached hydrogens (tertiary/aromatic N) is 1. The van der Waals surface area contributed by atoms with Crippen molar-refractivity contribution in [3.05, 3.63) is 29.6 Å². The van der Waals surface area contributed by atoms with E-state index in [-0.39, 0.29) is 5.56 Å². The molecule has 0 bridgehead atoms. The van der Waals surface area contributed by atoms with Crippen LogP contribution in [0.3, 0.4) is 0 Å². The van der Waals surface area contributed by atoms with Gasteiger partial charge in [0.1, 0.15) is 5.82 Å². The van der Waals surface area contributed by atoms with E-state index >= 15 is 0 Å². The molecule has 2 rings (SSSR count). The fourth-order valence-corrected chi connectivity index (χ4v) is 2.79. The van der Waals surface area contributed by atoms with Crippen LogP contribution in [0.4, 0.5) is 10.1 Å². The van der Waals surface area contributed by atoms with Crippen LogP contribution < -0.4 is 5.32 Å². The summed E-state index contributed by atoms with van der Waals surface area (Å²) in [5.41, 5.74) is 0.340. The van der Waals surface area contributed by atoms with Gasteiger partial charge in [0.05, 0.1) is 11.3 Å². The third-order valence-corrected chi connectivity index (χ3v) is 4.09. The largest absolute Gasteiger partial charge is 0.478 e. The number of carbonyl (C=O) groups is 1. The Morgan fingerprint density at radius 3 is 2.95 bits per heavy atom. The van der Waals surface area contributed by atoms with E-state index < -0.39 is 11.8 Å². The van der Waals surface area contributed by atoms with Crippen molar-refractivity contribution in [1.29, 1.82) is 0 Å². The summed E-state index contributed by atoms with van der Waals surface area (Å²) in [6, 6.07) is 4.60. The van der Waals surface area contributed by atoms with Gasteiger partial charge in [-0.05, 0) is 50.9 Å². The van der Waals surface area contributed by atoms with Gasteiger partial charge in [-0.3, -0.25) is 0 Å². The predicted molar refractivity (Wildman–Crippen MR) is 81.4 cm³/mol. The minimum absolute atomic E-state index is 0.0276. The molecule has 0 saturated carbocycles. The number of anilines is 1. The number of carboxylic acids is 1. The van der Waals surface area contributed by atoms with Crippen LogP contribution in [-0.4, -0.2) is 41.7 Å². The van der Waals surface area contributed by atoms with Crippen molar-refractivity contribution in [2.24, 2.45) is 0 Å². The molecule has 1 saturated heterocycles. The molecule has 1 unspecified atom stereocenters. The second kappa shape index (κ2) is 7.41. The van der Waals surface area contributed by atoms with Gasteiger partial charge >= 0.3 is 5.97 Å². The SMILES string of the molecule is CC1CCCCN1CCCNc1ccc(C(=O)O)cc1F. The van der Waals surface area contributed by atoms with Crippen molar-refractivity contribution in [3.8, 4) is 0 Å². The molecule has 1 aliphatic heterocycles. The molecule has 1 fully saturated rings. The number of aromatic carboxylic acids is 1. The molecule has 116 valence electrons. The maximum absolute atomic E-state index is 13.7. The highest BCUT2D eigenvalue weighted by molar-refractivity contribution is 5.88. The number of rotatable bonds is 6. The molecule has 4 nitrogen and oxygen atoms in total. The second-order valence-electron chi connectivity index (χ2n) is 5.66. The first-order valence-electron chi connectivity index (χ1n) is 7.58. The van der Waals surface area contributed by atoms with Gasteiger partial charge in [0, 0.05) is 19.1 Å². The van der Waals surface area contributed by atoms with Crippen LogP contribution in [0.1, 0.15) is 43.0 Å². The van der Waals surface area contributed by atoms with Crippen LogP contribution in [0, 0.1) is 5.82 Å². The van der Waals surface area contributed by atoms with Crippen molar-refractivity contribution in [2.75, 3.05) is 25.0 Å². The molecule has 1 atom stereocenters. The Balaban J connectivity index is 1.77. The minimum atomic E-state index is -1.11. The quantitative estimate of drug-likeness (QED) is 0.791. The van der Waals surface area contributed by atoms with E-state index in [9.17, 15) is 9.18 Å². The molecule has 0 amide bonds. The Hall–Kier alpha value is -1.62. The Bertz CT molecular complexity index is 493. The van der Waals surface area contributed by atoms with Crippen LogP contribution in [0.25, 0.3) is 0 Å². The van der Waals surface area contributed by atoms with Gasteiger partial charge in [0.25, 0.3) is 0 Å². The van der Waals surface area contributed by atoms with Crippen LogP contribution >= 0.6 is 0 Å². The number of nitrogens with one attached hydrogen (secondary N) is 1. The lowest BCUT2D eigenvalue weighted by atomic mass is 10.0. The molecular formula is C16H23FN2O2. The molecule has 0 aliphatic carbocycles. The summed E-state index contributed by atoms with van der Waals surface area (Å²) in [6.07, 6.45) is 4.79.